The Morgan fingerprint density at radius 2 is 1.21 bits per heavy atom. The fraction of sp³-hybridized carbons (Fsp3) is 0.0909. The highest BCUT2D eigenvalue weighted by molar-refractivity contribution is 6.10. The van der Waals surface area contributed by atoms with Crippen molar-refractivity contribution in [2.75, 3.05) is 30.6 Å². The maximum atomic E-state index is 12.5. The van der Waals surface area contributed by atoms with Crippen LogP contribution in [0.5, 0.6) is 11.5 Å². The van der Waals surface area contributed by atoms with E-state index in [4.69, 9.17) is 15.2 Å². The Kier molecular flexibility index (Phi) is 5.99. The molecule has 0 spiro atoms. The van der Waals surface area contributed by atoms with E-state index in [1.807, 2.05) is 0 Å². The van der Waals surface area contributed by atoms with Gasteiger partial charge in [0.05, 0.1) is 19.8 Å². The third-order valence-corrected chi connectivity index (χ3v) is 4.25. The summed E-state index contributed by atoms with van der Waals surface area (Å²) in [6.45, 7) is 0. The van der Waals surface area contributed by atoms with E-state index in [0.717, 1.165) is 0 Å². The van der Waals surface area contributed by atoms with Crippen LogP contribution in [0.3, 0.4) is 0 Å². The summed E-state index contributed by atoms with van der Waals surface area (Å²) in [4.78, 5) is 24.9. The minimum absolute atomic E-state index is 0.207. The van der Waals surface area contributed by atoms with Gasteiger partial charge in [-0.3, -0.25) is 9.59 Å². The van der Waals surface area contributed by atoms with Crippen LogP contribution in [0.25, 0.3) is 0 Å². The molecule has 2 amide bonds. The smallest absolute Gasteiger partial charge is 0.257 e. The Hall–Kier alpha value is -4.00. The fourth-order valence-corrected chi connectivity index (χ4v) is 2.66. The Balaban J connectivity index is 1.69. The first-order valence-corrected chi connectivity index (χ1v) is 8.80. The van der Waals surface area contributed by atoms with Crippen molar-refractivity contribution in [1.82, 2.24) is 0 Å². The lowest BCUT2D eigenvalue weighted by Crippen LogP contribution is -2.16. The van der Waals surface area contributed by atoms with Gasteiger partial charge in [-0.1, -0.05) is 0 Å². The molecule has 0 bridgehead atoms. The molecule has 0 aliphatic heterocycles. The van der Waals surface area contributed by atoms with Crippen LogP contribution in [0, 0.1) is 0 Å². The highest BCUT2D eigenvalue weighted by atomic mass is 16.5. The van der Waals surface area contributed by atoms with Crippen LogP contribution in [0.2, 0.25) is 0 Å². The van der Waals surface area contributed by atoms with E-state index < -0.39 is 0 Å². The third kappa shape index (κ3) is 4.84. The Morgan fingerprint density at radius 1 is 0.724 bits per heavy atom. The van der Waals surface area contributed by atoms with Crippen LogP contribution >= 0.6 is 0 Å². The van der Waals surface area contributed by atoms with Gasteiger partial charge in [0.1, 0.15) is 11.5 Å². The molecule has 4 N–H and O–H groups in total. The molecular weight excluding hydrogens is 370 g/mol. The molecule has 0 aliphatic rings. The molecule has 7 nitrogen and oxygen atoms in total. The molecule has 3 rings (SSSR count). The number of carbonyl (C=O) groups excluding carboxylic acids is 2. The molecule has 3 aromatic rings. The number of nitrogens with one attached hydrogen (secondary N) is 2. The summed E-state index contributed by atoms with van der Waals surface area (Å²) in [6, 6.07) is 18.4. The van der Waals surface area contributed by atoms with Gasteiger partial charge in [0, 0.05) is 22.6 Å². The van der Waals surface area contributed by atoms with Gasteiger partial charge in [-0.15, -0.1) is 0 Å². The lowest BCUT2D eigenvalue weighted by atomic mass is 10.1. The summed E-state index contributed by atoms with van der Waals surface area (Å²) in [5, 5.41) is 5.54. The lowest BCUT2D eigenvalue weighted by Gasteiger charge is -2.10. The predicted octanol–water partition coefficient (Wildman–Crippen LogP) is 3.79. The van der Waals surface area contributed by atoms with Crippen molar-refractivity contribution in [3.63, 3.8) is 0 Å². The maximum Gasteiger partial charge on any atom is 0.257 e. The van der Waals surface area contributed by atoms with Crippen molar-refractivity contribution < 1.29 is 19.1 Å². The van der Waals surface area contributed by atoms with Gasteiger partial charge in [-0.2, -0.15) is 0 Å². The number of benzene rings is 3. The molecule has 29 heavy (non-hydrogen) atoms. The monoisotopic (exact) mass is 391 g/mol. The molecule has 0 aromatic heterocycles. The predicted molar refractivity (Wildman–Crippen MR) is 113 cm³/mol. The first kappa shape index (κ1) is 19.8. The van der Waals surface area contributed by atoms with Crippen molar-refractivity contribution in [3.05, 3.63) is 77.9 Å². The molecule has 0 radical (unpaired) electrons. The van der Waals surface area contributed by atoms with Crippen molar-refractivity contribution in [2.45, 2.75) is 0 Å². The molecule has 148 valence electrons. The zero-order chi connectivity index (χ0) is 20.8. The zero-order valence-corrected chi connectivity index (χ0v) is 16.1. The lowest BCUT2D eigenvalue weighted by molar-refractivity contribution is 0.101. The standard InChI is InChI=1S/C22H21N3O4/c1-28-17-8-4-15(5-9-17)24-21(26)14-3-12-19(20(23)13-14)22(27)25-16-6-10-18(29-2)11-7-16/h3-13H,23H2,1-2H3,(H,24,26)(H,25,27). The molecule has 0 aliphatic carbocycles. The normalized spacial score (nSPS) is 10.1. The van der Waals surface area contributed by atoms with E-state index in [9.17, 15) is 9.59 Å². The minimum atomic E-state index is -0.366. The van der Waals surface area contributed by atoms with Gasteiger partial charge < -0.3 is 25.8 Å². The number of rotatable bonds is 6. The van der Waals surface area contributed by atoms with E-state index in [1.54, 1.807) is 68.8 Å². The van der Waals surface area contributed by atoms with Gasteiger partial charge in [0.2, 0.25) is 0 Å². The summed E-state index contributed by atoms with van der Waals surface area (Å²) in [5.74, 6) is 0.688. The molecule has 0 saturated carbocycles. The number of nitrogens with two attached hydrogens (primary N) is 1. The molecule has 7 heteroatoms. The Labute approximate surface area is 168 Å². The summed E-state index contributed by atoms with van der Waals surface area (Å²) >= 11 is 0. The second-order valence-corrected chi connectivity index (χ2v) is 6.17. The Bertz CT molecular complexity index is 1020. The number of amides is 2. The van der Waals surface area contributed by atoms with Crippen molar-refractivity contribution in [1.29, 1.82) is 0 Å². The van der Waals surface area contributed by atoms with Gasteiger partial charge in [0.25, 0.3) is 11.8 Å². The van der Waals surface area contributed by atoms with Crippen molar-refractivity contribution in [3.8, 4) is 11.5 Å². The third-order valence-electron chi connectivity index (χ3n) is 4.25. The van der Waals surface area contributed by atoms with Crippen LogP contribution in [0.15, 0.2) is 66.7 Å². The van der Waals surface area contributed by atoms with E-state index in [1.165, 1.54) is 12.1 Å². The number of nitrogen functional groups attached to an aromatic ring is 1. The van der Waals surface area contributed by atoms with Crippen LogP contribution in [-0.4, -0.2) is 26.0 Å². The number of hydrogen-bond donors (Lipinski definition) is 3. The van der Waals surface area contributed by atoms with Gasteiger partial charge in [-0.05, 0) is 66.7 Å². The molecule has 0 saturated heterocycles. The largest absolute Gasteiger partial charge is 0.497 e. The SMILES string of the molecule is COc1ccc(NC(=O)c2ccc(C(=O)Nc3ccc(OC)cc3)c(N)c2)cc1. The summed E-state index contributed by atoms with van der Waals surface area (Å²) in [6.07, 6.45) is 0. The van der Waals surface area contributed by atoms with Crippen molar-refractivity contribution in [2.24, 2.45) is 0 Å². The van der Waals surface area contributed by atoms with Gasteiger partial charge >= 0.3 is 0 Å². The van der Waals surface area contributed by atoms with E-state index in [0.29, 0.717) is 28.4 Å². The van der Waals surface area contributed by atoms with E-state index in [-0.39, 0.29) is 23.1 Å². The van der Waals surface area contributed by atoms with Gasteiger partial charge in [-0.25, -0.2) is 0 Å². The maximum absolute atomic E-state index is 12.5. The minimum Gasteiger partial charge on any atom is -0.497 e. The molecule has 0 atom stereocenters. The number of ether oxygens (including phenoxy) is 2. The van der Waals surface area contributed by atoms with E-state index in [2.05, 4.69) is 10.6 Å². The summed E-state index contributed by atoms with van der Waals surface area (Å²) in [5.41, 5.74) is 8.08. The first-order valence-electron chi connectivity index (χ1n) is 8.80. The average molecular weight is 391 g/mol. The highest BCUT2D eigenvalue weighted by Gasteiger charge is 2.14. The second-order valence-electron chi connectivity index (χ2n) is 6.17. The number of methoxy groups -OCH3 is 2. The van der Waals surface area contributed by atoms with Gasteiger partial charge in [0.15, 0.2) is 0 Å². The molecule has 0 unspecified atom stereocenters. The van der Waals surface area contributed by atoms with Crippen LogP contribution in [-0.2, 0) is 0 Å². The Morgan fingerprint density at radius 3 is 1.66 bits per heavy atom. The highest BCUT2D eigenvalue weighted by Crippen LogP contribution is 2.20. The molecule has 0 fully saturated rings. The number of hydrogen-bond acceptors (Lipinski definition) is 5. The molecule has 3 aromatic carbocycles. The number of anilines is 3. The second kappa shape index (κ2) is 8.79. The summed E-state index contributed by atoms with van der Waals surface area (Å²) < 4.78 is 10.2. The summed E-state index contributed by atoms with van der Waals surface area (Å²) in [7, 11) is 3.14. The average Bonchev–Trinajstić information content (AvgIpc) is 2.74. The van der Waals surface area contributed by atoms with Crippen LogP contribution in [0.1, 0.15) is 20.7 Å². The van der Waals surface area contributed by atoms with Crippen LogP contribution in [0.4, 0.5) is 17.1 Å². The topological polar surface area (TPSA) is 103 Å². The van der Waals surface area contributed by atoms with Crippen LogP contribution < -0.4 is 25.8 Å². The zero-order valence-electron chi connectivity index (χ0n) is 16.1. The number of carbonyl (C=O) groups is 2. The first-order chi connectivity index (χ1) is 14.0. The molecule has 0 heterocycles. The molecular formula is C22H21N3O4. The van der Waals surface area contributed by atoms with E-state index >= 15 is 0 Å². The van der Waals surface area contributed by atoms with Crippen molar-refractivity contribution >= 4 is 28.9 Å². The quantitative estimate of drug-likeness (QED) is 0.555. The fourth-order valence-electron chi connectivity index (χ4n) is 2.66.